The van der Waals surface area contributed by atoms with Gasteiger partial charge in [0, 0.05) is 18.3 Å². The fourth-order valence-electron chi connectivity index (χ4n) is 5.30. The van der Waals surface area contributed by atoms with Gasteiger partial charge in [-0.15, -0.1) is 6.58 Å². The van der Waals surface area contributed by atoms with Gasteiger partial charge in [-0.2, -0.15) is 0 Å². The third-order valence-corrected chi connectivity index (χ3v) is 6.66. The van der Waals surface area contributed by atoms with Crippen LogP contribution >= 0.6 is 0 Å². The van der Waals surface area contributed by atoms with Gasteiger partial charge in [-0.3, -0.25) is 4.79 Å². The summed E-state index contributed by atoms with van der Waals surface area (Å²) in [4.78, 5) is 23.8. The molecule has 140 valence electrons. The fourth-order valence-corrected chi connectivity index (χ4v) is 5.30. The lowest BCUT2D eigenvalue weighted by atomic mass is 9.58. The minimum absolute atomic E-state index is 0.00896. The van der Waals surface area contributed by atoms with Crippen LogP contribution < -0.4 is 0 Å². The molecule has 1 aliphatic carbocycles. The van der Waals surface area contributed by atoms with Crippen LogP contribution in [0.25, 0.3) is 0 Å². The van der Waals surface area contributed by atoms with Crippen molar-refractivity contribution in [2.24, 2.45) is 23.7 Å². The lowest BCUT2D eigenvalue weighted by Gasteiger charge is -2.59. The van der Waals surface area contributed by atoms with Crippen LogP contribution in [0.1, 0.15) is 52.9 Å². The first-order chi connectivity index (χ1) is 11.9. The standard InChI is InChI=1S/C19H28O6/c1-5-6-15(20)21-16-12(3)14-8-7-11(2)13-9-10-18(4)23-17(22-16)19(13,14)25-24-18/h5,11-14,16-17H,1,6-10H2,2-4H3/t11-,12-,13-,14+,16-,17-,18-,19-/m1/s1. The van der Waals surface area contributed by atoms with E-state index in [4.69, 9.17) is 24.0 Å². The Hall–Kier alpha value is -0.950. The summed E-state index contributed by atoms with van der Waals surface area (Å²) in [6, 6.07) is 0. The van der Waals surface area contributed by atoms with Crippen LogP contribution in [0, 0.1) is 23.7 Å². The maximum atomic E-state index is 12.0. The molecular formula is C19H28O6. The Balaban J connectivity index is 1.67. The first-order valence-corrected chi connectivity index (χ1v) is 9.40. The second-order valence-electron chi connectivity index (χ2n) is 8.26. The van der Waals surface area contributed by atoms with E-state index in [1.54, 1.807) is 0 Å². The van der Waals surface area contributed by atoms with Gasteiger partial charge in [0.1, 0.15) is 0 Å². The number of fused-ring (bicyclic) bond motifs is 2. The molecule has 0 radical (unpaired) electrons. The van der Waals surface area contributed by atoms with Gasteiger partial charge in [0.05, 0.1) is 6.42 Å². The molecular weight excluding hydrogens is 324 g/mol. The Bertz CT molecular complexity index is 564. The normalized spacial score (nSPS) is 51.3. The highest BCUT2D eigenvalue weighted by Crippen LogP contribution is 2.60. The van der Waals surface area contributed by atoms with Crippen LogP contribution in [0.2, 0.25) is 0 Å². The maximum Gasteiger partial charge on any atom is 0.311 e. The monoisotopic (exact) mass is 352 g/mol. The summed E-state index contributed by atoms with van der Waals surface area (Å²) in [5.41, 5.74) is -0.617. The van der Waals surface area contributed by atoms with E-state index in [1.807, 2.05) is 6.92 Å². The molecule has 5 fully saturated rings. The molecule has 0 aromatic carbocycles. The largest absolute Gasteiger partial charge is 0.435 e. The SMILES string of the molecule is C=CCC(=O)O[C@@H]1O[C@@H]2O[C@@]3(C)CC[C@@H]4[C@H](C)CC[C@@H]([C@H]1C)[C@@]24OO3. The molecule has 8 atom stereocenters. The van der Waals surface area contributed by atoms with Crippen molar-refractivity contribution in [2.75, 3.05) is 0 Å². The van der Waals surface area contributed by atoms with E-state index in [1.165, 1.54) is 6.08 Å². The maximum absolute atomic E-state index is 12.0. The Morgan fingerprint density at radius 3 is 2.80 bits per heavy atom. The van der Waals surface area contributed by atoms with Crippen LogP contribution in [-0.2, 0) is 28.8 Å². The van der Waals surface area contributed by atoms with Crippen LogP contribution in [0.3, 0.4) is 0 Å². The number of carbonyl (C=O) groups excluding carboxylic acids is 1. The van der Waals surface area contributed by atoms with Crippen molar-refractivity contribution >= 4 is 5.97 Å². The molecule has 2 bridgehead atoms. The predicted octanol–water partition coefficient (Wildman–Crippen LogP) is 3.31. The third kappa shape index (κ3) is 2.57. The van der Waals surface area contributed by atoms with Crippen LogP contribution in [-0.4, -0.2) is 29.9 Å². The smallest absolute Gasteiger partial charge is 0.311 e. The predicted molar refractivity (Wildman–Crippen MR) is 87.7 cm³/mol. The second-order valence-corrected chi connectivity index (χ2v) is 8.26. The van der Waals surface area contributed by atoms with Crippen molar-refractivity contribution in [1.29, 1.82) is 0 Å². The summed E-state index contributed by atoms with van der Waals surface area (Å²) in [7, 11) is 0. The average Bonchev–Trinajstić information content (AvgIpc) is 2.79. The molecule has 6 heteroatoms. The highest BCUT2D eigenvalue weighted by Gasteiger charge is 2.69. The molecule has 0 aromatic rings. The number of esters is 1. The number of ether oxygens (including phenoxy) is 3. The molecule has 6 nitrogen and oxygen atoms in total. The van der Waals surface area contributed by atoms with Gasteiger partial charge in [0.2, 0.25) is 12.1 Å². The van der Waals surface area contributed by atoms with Gasteiger partial charge >= 0.3 is 5.97 Å². The zero-order chi connectivity index (χ0) is 17.8. The van der Waals surface area contributed by atoms with Gasteiger partial charge in [-0.25, -0.2) is 9.78 Å². The van der Waals surface area contributed by atoms with Gasteiger partial charge in [0.25, 0.3) is 0 Å². The quantitative estimate of drug-likeness (QED) is 0.441. The highest BCUT2D eigenvalue weighted by molar-refractivity contribution is 5.71. The van der Waals surface area contributed by atoms with E-state index in [9.17, 15) is 4.79 Å². The molecule has 1 spiro atoms. The van der Waals surface area contributed by atoms with Crippen molar-refractivity contribution in [3.8, 4) is 0 Å². The summed E-state index contributed by atoms with van der Waals surface area (Å²) in [6.07, 6.45) is 4.37. The first kappa shape index (κ1) is 17.5. The molecule has 1 saturated carbocycles. The third-order valence-electron chi connectivity index (χ3n) is 6.66. The lowest BCUT2D eigenvalue weighted by Crippen LogP contribution is -2.70. The van der Waals surface area contributed by atoms with Gasteiger partial charge < -0.3 is 14.2 Å². The van der Waals surface area contributed by atoms with Gasteiger partial charge in [-0.05, 0) is 38.0 Å². The van der Waals surface area contributed by atoms with E-state index < -0.39 is 24.0 Å². The van der Waals surface area contributed by atoms with Crippen LogP contribution in [0.5, 0.6) is 0 Å². The molecule has 4 saturated heterocycles. The average molecular weight is 352 g/mol. The van der Waals surface area contributed by atoms with Crippen molar-refractivity contribution in [3.05, 3.63) is 12.7 Å². The number of carbonyl (C=O) groups is 1. The fraction of sp³-hybridized carbons (Fsp3) is 0.842. The Labute approximate surface area is 148 Å². The summed E-state index contributed by atoms with van der Waals surface area (Å²) in [6.45, 7) is 9.81. The van der Waals surface area contributed by atoms with Crippen molar-refractivity contribution < 1.29 is 28.8 Å². The van der Waals surface area contributed by atoms with E-state index in [0.29, 0.717) is 11.8 Å². The highest BCUT2D eigenvalue weighted by atomic mass is 17.3. The zero-order valence-corrected chi connectivity index (χ0v) is 15.2. The molecule has 0 aromatic heterocycles. The van der Waals surface area contributed by atoms with E-state index >= 15 is 0 Å². The van der Waals surface area contributed by atoms with Crippen LogP contribution in [0.4, 0.5) is 0 Å². The van der Waals surface area contributed by atoms with Gasteiger partial charge in [-0.1, -0.05) is 19.9 Å². The molecule has 4 heterocycles. The van der Waals surface area contributed by atoms with Gasteiger partial charge in [0.15, 0.2) is 11.9 Å². The number of rotatable bonds is 3. The molecule has 25 heavy (non-hydrogen) atoms. The lowest BCUT2D eigenvalue weighted by molar-refractivity contribution is -0.576. The molecule has 0 amide bonds. The van der Waals surface area contributed by atoms with E-state index in [0.717, 1.165) is 25.7 Å². The van der Waals surface area contributed by atoms with Crippen LogP contribution in [0.15, 0.2) is 12.7 Å². The molecule has 5 rings (SSSR count). The van der Waals surface area contributed by atoms with Crippen molar-refractivity contribution in [1.82, 2.24) is 0 Å². The van der Waals surface area contributed by atoms with E-state index in [-0.39, 0.29) is 24.2 Å². The summed E-state index contributed by atoms with van der Waals surface area (Å²) < 4.78 is 18.0. The Morgan fingerprint density at radius 1 is 1.24 bits per heavy atom. The summed E-state index contributed by atoms with van der Waals surface area (Å²) >= 11 is 0. The topological polar surface area (TPSA) is 63.2 Å². The Morgan fingerprint density at radius 2 is 2.04 bits per heavy atom. The zero-order valence-electron chi connectivity index (χ0n) is 15.2. The summed E-state index contributed by atoms with van der Waals surface area (Å²) in [5.74, 6) is -0.139. The van der Waals surface area contributed by atoms with E-state index in [2.05, 4.69) is 20.4 Å². The second kappa shape index (κ2) is 6.05. The molecule has 0 N–H and O–H groups in total. The minimum atomic E-state index is -0.812. The molecule has 0 unspecified atom stereocenters. The number of hydrogen-bond acceptors (Lipinski definition) is 6. The molecule has 5 aliphatic rings. The minimum Gasteiger partial charge on any atom is -0.435 e. The first-order valence-electron chi connectivity index (χ1n) is 9.40. The summed E-state index contributed by atoms with van der Waals surface area (Å²) in [5, 5.41) is 0. The molecule has 4 aliphatic heterocycles. The Kier molecular flexibility index (Phi) is 4.22. The van der Waals surface area contributed by atoms with Crippen molar-refractivity contribution in [3.63, 3.8) is 0 Å². The number of hydrogen-bond donors (Lipinski definition) is 0. The van der Waals surface area contributed by atoms with Crippen molar-refractivity contribution in [2.45, 2.75) is 76.8 Å².